The molecule has 1 atom stereocenters. The number of aliphatic hydroxyl groups is 1. The van der Waals surface area contributed by atoms with Crippen LogP contribution in [0.3, 0.4) is 0 Å². The van der Waals surface area contributed by atoms with E-state index in [0.717, 1.165) is 18.5 Å². The fourth-order valence-electron chi connectivity index (χ4n) is 3.51. The highest BCUT2D eigenvalue weighted by atomic mass is 16.5. The minimum atomic E-state index is -0.669. The molecule has 0 bridgehead atoms. The van der Waals surface area contributed by atoms with Crippen LogP contribution < -0.4 is 9.64 Å². The van der Waals surface area contributed by atoms with Crippen LogP contribution in [-0.4, -0.2) is 61.0 Å². The number of carbonyl (C=O) groups is 2. The number of amides is 1. The molecule has 1 aliphatic heterocycles. The summed E-state index contributed by atoms with van der Waals surface area (Å²) in [5.41, 5.74) is 1.30. The van der Waals surface area contributed by atoms with Crippen LogP contribution in [0.5, 0.6) is 5.75 Å². The fourth-order valence-corrected chi connectivity index (χ4v) is 3.51. The number of methoxy groups -OCH3 is 1. The minimum Gasteiger partial charge on any atom is -0.507 e. The second-order valence-corrected chi connectivity index (χ2v) is 7.31. The standard InChI is InChI=1S/C22H25N3O4/c1-24(2)13-4-14-25-19(15-5-7-17(29-3)8-6-15)18(21(27)22(25)28)20(26)16-9-11-23-12-10-16/h5-12,19,26H,4,13-14H2,1-3H3/p+1/b20-18+/t19-/m0/s1. The lowest BCUT2D eigenvalue weighted by Gasteiger charge is -2.25. The van der Waals surface area contributed by atoms with Gasteiger partial charge in [-0.2, -0.15) is 0 Å². The summed E-state index contributed by atoms with van der Waals surface area (Å²) in [5, 5.41) is 10.9. The van der Waals surface area contributed by atoms with Gasteiger partial charge in [0, 0.05) is 30.9 Å². The Bertz CT molecular complexity index is 907. The number of aliphatic hydroxyl groups excluding tert-OH is 1. The molecule has 0 saturated carbocycles. The zero-order chi connectivity index (χ0) is 21.0. The molecule has 1 amide bonds. The van der Waals surface area contributed by atoms with E-state index >= 15 is 0 Å². The smallest absolute Gasteiger partial charge is 0.295 e. The number of nitrogens with one attached hydrogen (secondary N) is 1. The average molecular weight is 396 g/mol. The third-order valence-electron chi connectivity index (χ3n) is 5.00. The molecule has 1 fully saturated rings. The van der Waals surface area contributed by atoms with E-state index in [9.17, 15) is 14.7 Å². The number of likely N-dealkylation sites (tertiary alicyclic amines) is 1. The Morgan fingerprint density at radius 1 is 1.14 bits per heavy atom. The molecule has 0 radical (unpaired) electrons. The number of rotatable bonds is 7. The van der Waals surface area contributed by atoms with Crippen molar-refractivity contribution in [1.29, 1.82) is 0 Å². The van der Waals surface area contributed by atoms with Crippen LogP contribution in [-0.2, 0) is 9.59 Å². The molecule has 1 aromatic carbocycles. The molecule has 7 heteroatoms. The number of aromatic nitrogens is 1. The predicted octanol–water partition coefficient (Wildman–Crippen LogP) is 1.05. The van der Waals surface area contributed by atoms with Gasteiger partial charge in [0.25, 0.3) is 11.7 Å². The first-order chi connectivity index (χ1) is 13.9. The van der Waals surface area contributed by atoms with Gasteiger partial charge in [0.15, 0.2) is 0 Å². The molecule has 0 aliphatic carbocycles. The summed E-state index contributed by atoms with van der Waals surface area (Å²) in [6.45, 7) is 1.29. The first kappa shape index (κ1) is 20.5. The van der Waals surface area contributed by atoms with Crippen molar-refractivity contribution in [1.82, 2.24) is 9.88 Å². The van der Waals surface area contributed by atoms with Crippen LogP contribution in [0.2, 0.25) is 0 Å². The molecule has 29 heavy (non-hydrogen) atoms. The van der Waals surface area contributed by atoms with Crippen molar-refractivity contribution >= 4 is 17.4 Å². The number of benzene rings is 1. The van der Waals surface area contributed by atoms with Gasteiger partial charge >= 0.3 is 0 Å². The van der Waals surface area contributed by atoms with E-state index in [1.165, 1.54) is 17.3 Å². The van der Waals surface area contributed by atoms with Crippen molar-refractivity contribution in [2.24, 2.45) is 0 Å². The van der Waals surface area contributed by atoms with Crippen LogP contribution in [0.25, 0.3) is 5.76 Å². The summed E-state index contributed by atoms with van der Waals surface area (Å²) in [6.07, 6.45) is 3.82. The summed E-state index contributed by atoms with van der Waals surface area (Å²) >= 11 is 0. The molecule has 2 aromatic rings. The number of hydrogen-bond acceptors (Lipinski definition) is 5. The normalized spacial score (nSPS) is 18.5. The molecule has 152 valence electrons. The van der Waals surface area contributed by atoms with Gasteiger partial charge in [-0.3, -0.25) is 14.6 Å². The van der Waals surface area contributed by atoms with Gasteiger partial charge in [0.2, 0.25) is 0 Å². The number of ether oxygens (including phenoxy) is 1. The van der Waals surface area contributed by atoms with E-state index in [4.69, 9.17) is 4.74 Å². The maximum atomic E-state index is 12.9. The van der Waals surface area contributed by atoms with E-state index in [0.29, 0.717) is 17.9 Å². The highest BCUT2D eigenvalue weighted by molar-refractivity contribution is 6.46. The molecule has 2 N–H and O–H groups in total. The van der Waals surface area contributed by atoms with Crippen molar-refractivity contribution in [3.8, 4) is 5.75 Å². The Kier molecular flexibility index (Phi) is 6.29. The van der Waals surface area contributed by atoms with Crippen molar-refractivity contribution in [2.75, 3.05) is 34.3 Å². The first-order valence-corrected chi connectivity index (χ1v) is 9.55. The van der Waals surface area contributed by atoms with Gasteiger partial charge in [-0.15, -0.1) is 0 Å². The molecular formula is C22H26N3O4+. The summed E-state index contributed by atoms with van der Waals surface area (Å²) in [6, 6.07) is 9.79. The summed E-state index contributed by atoms with van der Waals surface area (Å²) < 4.78 is 5.22. The SMILES string of the molecule is COc1ccc([C@H]2/C(=C(\O)c3ccncc3)C(=O)C(=O)N2CCC[NH+](C)C)cc1. The van der Waals surface area contributed by atoms with E-state index in [2.05, 4.69) is 4.98 Å². The third-order valence-corrected chi connectivity index (χ3v) is 5.00. The molecular weight excluding hydrogens is 370 g/mol. The number of hydrogen-bond donors (Lipinski definition) is 2. The van der Waals surface area contributed by atoms with Crippen LogP contribution in [0.1, 0.15) is 23.6 Å². The van der Waals surface area contributed by atoms with Crippen molar-refractivity contribution in [2.45, 2.75) is 12.5 Å². The number of nitrogens with zero attached hydrogens (tertiary/aromatic N) is 2. The lowest BCUT2D eigenvalue weighted by molar-refractivity contribution is -0.858. The number of carbonyl (C=O) groups excluding carboxylic acids is 2. The average Bonchev–Trinajstić information content (AvgIpc) is 2.98. The molecule has 7 nitrogen and oxygen atoms in total. The third kappa shape index (κ3) is 4.30. The predicted molar refractivity (Wildman–Crippen MR) is 109 cm³/mol. The van der Waals surface area contributed by atoms with E-state index in [1.54, 1.807) is 36.3 Å². The number of pyridine rings is 1. The summed E-state index contributed by atoms with van der Waals surface area (Å²) in [5.74, 6) is -0.768. The Labute approximate surface area is 170 Å². The Hall–Kier alpha value is -3.19. The maximum Gasteiger partial charge on any atom is 0.295 e. The number of quaternary nitrogens is 1. The van der Waals surface area contributed by atoms with Crippen LogP contribution in [0, 0.1) is 0 Å². The fraction of sp³-hybridized carbons (Fsp3) is 0.318. The second kappa shape index (κ2) is 8.87. The highest BCUT2D eigenvalue weighted by Gasteiger charge is 2.45. The van der Waals surface area contributed by atoms with Gasteiger partial charge in [-0.1, -0.05) is 12.1 Å². The Morgan fingerprint density at radius 3 is 2.38 bits per heavy atom. The Balaban J connectivity index is 2.06. The van der Waals surface area contributed by atoms with Gasteiger partial charge in [0.05, 0.1) is 39.4 Å². The second-order valence-electron chi connectivity index (χ2n) is 7.31. The maximum absolute atomic E-state index is 12.9. The summed E-state index contributed by atoms with van der Waals surface area (Å²) in [4.78, 5) is 32.5. The van der Waals surface area contributed by atoms with Crippen molar-refractivity contribution in [3.63, 3.8) is 0 Å². The Morgan fingerprint density at radius 2 is 1.79 bits per heavy atom. The molecule has 1 saturated heterocycles. The van der Waals surface area contributed by atoms with E-state index < -0.39 is 17.7 Å². The van der Waals surface area contributed by atoms with Crippen molar-refractivity contribution < 1.29 is 24.3 Å². The quantitative estimate of drug-likeness (QED) is 0.415. The minimum absolute atomic E-state index is 0.101. The number of ketones is 1. The molecule has 0 spiro atoms. The van der Waals surface area contributed by atoms with Crippen LogP contribution >= 0.6 is 0 Å². The van der Waals surface area contributed by atoms with Crippen LogP contribution in [0.4, 0.5) is 0 Å². The van der Waals surface area contributed by atoms with Gasteiger partial charge < -0.3 is 19.6 Å². The lowest BCUT2D eigenvalue weighted by atomic mass is 9.95. The van der Waals surface area contributed by atoms with Gasteiger partial charge in [0.1, 0.15) is 11.5 Å². The van der Waals surface area contributed by atoms with Gasteiger partial charge in [-0.25, -0.2) is 0 Å². The summed E-state index contributed by atoms with van der Waals surface area (Å²) in [7, 11) is 5.66. The zero-order valence-electron chi connectivity index (χ0n) is 16.9. The monoisotopic (exact) mass is 396 g/mol. The van der Waals surface area contributed by atoms with Gasteiger partial charge in [-0.05, 0) is 29.8 Å². The molecule has 2 heterocycles. The molecule has 0 unspecified atom stereocenters. The van der Waals surface area contributed by atoms with Crippen LogP contribution in [0.15, 0.2) is 54.4 Å². The zero-order valence-corrected chi connectivity index (χ0v) is 16.9. The first-order valence-electron chi connectivity index (χ1n) is 9.55. The van der Waals surface area contributed by atoms with E-state index in [-0.39, 0.29) is 11.3 Å². The largest absolute Gasteiger partial charge is 0.507 e. The molecule has 1 aliphatic rings. The van der Waals surface area contributed by atoms with Crippen molar-refractivity contribution in [3.05, 3.63) is 65.5 Å². The molecule has 1 aromatic heterocycles. The highest BCUT2D eigenvalue weighted by Crippen LogP contribution is 2.39. The topological polar surface area (TPSA) is 84.2 Å². The molecule has 3 rings (SSSR count). The lowest BCUT2D eigenvalue weighted by Crippen LogP contribution is -3.05. The number of Topliss-reactive ketones (excluding diaryl/α,β-unsaturated/α-hetero) is 1. The van der Waals surface area contributed by atoms with E-state index in [1.807, 2.05) is 26.2 Å².